The molecule has 0 fully saturated rings. The van der Waals surface area contributed by atoms with E-state index in [0.29, 0.717) is 0 Å². The first kappa shape index (κ1) is 15.5. The molecule has 98 valence electrons. The standard InChI is InChI=1S/C5H9F5N2O3S/c6-4(7)3(13)1-11-16(14,15)12-2-5(8,9)10/h3-4,11-13H,1-2H2. The molecule has 0 aliphatic carbocycles. The second-order valence-corrected chi connectivity index (χ2v) is 4.27. The Morgan fingerprint density at radius 1 is 1.19 bits per heavy atom. The van der Waals surface area contributed by atoms with Gasteiger partial charge in [0.05, 0.1) is 0 Å². The van der Waals surface area contributed by atoms with E-state index in [-0.39, 0.29) is 0 Å². The second-order valence-electron chi connectivity index (χ2n) is 2.69. The third kappa shape index (κ3) is 7.73. The highest BCUT2D eigenvalue weighted by molar-refractivity contribution is 7.87. The molecule has 0 saturated carbocycles. The van der Waals surface area contributed by atoms with Crippen LogP contribution in [-0.2, 0) is 10.2 Å². The minimum absolute atomic E-state index is 1.07. The molecule has 0 aromatic heterocycles. The molecule has 0 aliphatic rings. The van der Waals surface area contributed by atoms with Crippen LogP contribution < -0.4 is 9.44 Å². The molecule has 0 amide bonds. The predicted octanol–water partition coefficient (Wildman–Crippen LogP) is -0.401. The highest BCUT2D eigenvalue weighted by Crippen LogP contribution is 2.12. The highest BCUT2D eigenvalue weighted by atomic mass is 32.2. The van der Waals surface area contributed by atoms with Gasteiger partial charge in [0.1, 0.15) is 12.6 Å². The zero-order chi connectivity index (χ0) is 13.0. The maximum atomic E-state index is 11.7. The van der Waals surface area contributed by atoms with Crippen LogP contribution in [0.2, 0.25) is 0 Å². The quantitative estimate of drug-likeness (QED) is 0.576. The summed E-state index contributed by atoms with van der Waals surface area (Å²) in [6.45, 7) is -2.90. The van der Waals surface area contributed by atoms with Gasteiger partial charge in [0.25, 0.3) is 16.6 Å². The molecule has 0 radical (unpaired) electrons. The summed E-state index contributed by atoms with van der Waals surface area (Å²) in [4.78, 5) is 0. The van der Waals surface area contributed by atoms with E-state index < -0.39 is 42.0 Å². The first-order valence-corrected chi connectivity index (χ1v) is 5.29. The topological polar surface area (TPSA) is 78.4 Å². The molecule has 11 heteroatoms. The lowest BCUT2D eigenvalue weighted by Gasteiger charge is -2.12. The minimum Gasteiger partial charge on any atom is -0.386 e. The third-order valence-corrected chi connectivity index (χ3v) is 2.31. The van der Waals surface area contributed by atoms with Crippen LogP contribution in [0.5, 0.6) is 0 Å². The zero-order valence-corrected chi connectivity index (χ0v) is 8.45. The molecule has 3 N–H and O–H groups in total. The predicted molar refractivity (Wildman–Crippen MR) is 43.0 cm³/mol. The molecule has 16 heavy (non-hydrogen) atoms. The van der Waals surface area contributed by atoms with Gasteiger partial charge >= 0.3 is 6.18 Å². The van der Waals surface area contributed by atoms with E-state index in [9.17, 15) is 30.4 Å². The summed E-state index contributed by atoms with van der Waals surface area (Å²) >= 11 is 0. The fourth-order valence-electron chi connectivity index (χ4n) is 0.512. The summed E-state index contributed by atoms with van der Waals surface area (Å²) in [6, 6.07) is 0. The van der Waals surface area contributed by atoms with E-state index in [0.717, 1.165) is 4.72 Å². The van der Waals surface area contributed by atoms with Crippen LogP contribution in [0.3, 0.4) is 0 Å². The van der Waals surface area contributed by atoms with E-state index in [1.807, 2.05) is 0 Å². The van der Waals surface area contributed by atoms with Crippen molar-refractivity contribution in [2.75, 3.05) is 13.1 Å². The highest BCUT2D eigenvalue weighted by Gasteiger charge is 2.29. The van der Waals surface area contributed by atoms with Gasteiger partial charge in [-0.1, -0.05) is 0 Å². The molecule has 0 spiro atoms. The summed E-state index contributed by atoms with van der Waals surface area (Å²) in [7, 11) is -4.56. The smallest absolute Gasteiger partial charge is 0.386 e. The van der Waals surface area contributed by atoms with Crippen molar-refractivity contribution in [2.45, 2.75) is 18.7 Å². The van der Waals surface area contributed by atoms with Crippen LogP contribution in [-0.4, -0.2) is 45.3 Å². The van der Waals surface area contributed by atoms with Gasteiger partial charge in [-0.2, -0.15) is 31.0 Å². The van der Waals surface area contributed by atoms with Crippen molar-refractivity contribution >= 4 is 10.2 Å². The Labute approximate surface area is 87.8 Å². The average molecular weight is 272 g/mol. The molecular formula is C5H9F5N2O3S. The Morgan fingerprint density at radius 3 is 2.06 bits per heavy atom. The van der Waals surface area contributed by atoms with Crippen LogP contribution in [0.25, 0.3) is 0 Å². The van der Waals surface area contributed by atoms with Crippen molar-refractivity contribution in [1.29, 1.82) is 0 Å². The number of halogens is 5. The summed E-state index contributed by atoms with van der Waals surface area (Å²) in [5, 5.41) is 8.49. The van der Waals surface area contributed by atoms with E-state index >= 15 is 0 Å². The fourth-order valence-corrected chi connectivity index (χ4v) is 1.36. The molecule has 0 rings (SSSR count). The SMILES string of the molecule is O=S(=O)(NCC(O)C(F)F)NCC(F)(F)F. The van der Waals surface area contributed by atoms with Gasteiger partial charge in [-0.05, 0) is 0 Å². The second kappa shape index (κ2) is 5.70. The lowest BCUT2D eigenvalue weighted by molar-refractivity contribution is -0.121. The molecule has 5 nitrogen and oxygen atoms in total. The monoisotopic (exact) mass is 272 g/mol. The van der Waals surface area contributed by atoms with E-state index in [1.54, 1.807) is 0 Å². The number of hydrogen-bond acceptors (Lipinski definition) is 3. The first-order valence-electron chi connectivity index (χ1n) is 3.81. The van der Waals surface area contributed by atoms with Crippen molar-refractivity contribution in [2.24, 2.45) is 0 Å². The lowest BCUT2D eigenvalue weighted by atomic mass is 10.4. The number of nitrogens with one attached hydrogen (secondary N) is 2. The van der Waals surface area contributed by atoms with Crippen molar-refractivity contribution in [1.82, 2.24) is 9.44 Å². The van der Waals surface area contributed by atoms with Gasteiger partial charge in [0, 0.05) is 6.54 Å². The van der Waals surface area contributed by atoms with Gasteiger partial charge in [-0.25, -0.2) is 8.78 Å². The third-order valence-electron chi connectivity index (χ3n) is 1.24. The van der Waals surface area contributed by atoms with Gasteiger partial charge in [-0.3, -0.25) is 0 Å². The molecule has 0 aromatic carbocycles. The average Bonchev–Trinajstić information content (AvgIpc) is 2.10. The van der Waals surface area contributed by atoms with Crippen LogP contribution in [0.15, 0.2) is 0 Å². The molecule has 1 unspecified atom stereocenters. The molecular weight excluding hydrogens is 263 g/mol. The fraction of sp³-hybridized carbons (Fsp3) is 1.00. The Hall–Kier alpha value is -0.520. The molecule has 0 aliphatic heterocycles. The van der Waals surface area contributed by atoms with Crippen LogP contribution in [0.4, 0.5) is 22.0 Å². The number of hydrogen-bond donors (Lipinski definition) is 3. The number of rotatable bonds is 6. The van der Waals surface area contributed by atoms with Crippen molar-refractivity contribution in [3.63, 3.8) is 0 Å². The Balaban J connectivity index is 4.07. The maximum absolute atomic E-state index is 11.7. The summed E-state index contributed by atoms with van der Waals surface area (Å²) in [5.41, 5.74) is 0. The van der Waals surface area contributed by atoms with Crippen LogP contribution >= 0.6 is 0 Å². The van der Waals surface area contributed by atoms with Crippen molar-refractivity contribution < 1.29 is 35.5 Å². The zero-order valence-electron chi connectivity index (χ0n) is 7.63. The first-order chi connectivity index (χ1) is 7.03. The van der Waals surface area contributed by atoms with Gasteiger partial charge in [0.15, 0.2) is 0 Å². The molecule has 0 bridgehead atoms. The van der Waals surface area contributed by atoms with Gasteiger partial charge < -0.3 is 5.11 Å². The normalized spacial score (nSPS) is 15.4. The van der Waals surface area contributed by atoms with Crippen molar-refractivity contribution in [3.05, 3.63) is 0 Å². The maximum Gasteiger partial charge on any atom is 0.402 e. The minimum atomic E-state index is -4.75. The number of aliphatic hydroxyl groups excluding tert-OH is 1. The van der Waals surface area contributed by atoms with Gasteiger partial charge in [0.2, 0.25) is 0 Å². The Bertz CT molecular complexity index is 304. The molecule has 0 aromatic rings. The van der Waals surface area contributed by atoms with Crippen LogP contribution in [0.1, 0.15) is 0 Å². The molecule has 0 saturated heterocycles. The Kier molecular flexibility index (Phi) is 5.52. The van der Waals surface area contributed by atoms with E-state index in [2.05, 4.69) is 0 Å². The van der Waals surface area contributed by atoms with Crippen LogP contribution in [0, 0.1) is 0 Å². The summed E-state index contributed by atoms with van der Waals surface area (Å²) < 4.78 is 82.0. The molecule has 1 atom stereocenters. The van der Waals surface area contributed by atoms with Gasteiger partial charge in [-0.15, -0.1) is 0 Å². The van der Waals surface area contributed by atoms with E-state index in [1.165, 1.54) is 4.72 Å². The largest absolute Gasteiger partial charge is 0.402 e. The Morgan fingerprint density at radius 2 is 1.69 bits per heavy atom. The summed E-state index contributed by atoms with van der Waals surface area (Å²) in [5.74, 6) is 0. The summed E-state index contributed by atoms with van der Waals surface area (Å²) in [6.07, 6.45) is -10.2. The molecule has 0 heterocycles. The van der Waals surface area contributed by atoms with Crippen molar-refractivity contribution in [3.8, 4) is 0 Å². The van der Waals surface area contributed by atoms with E-state index in [4.69, 9.17) is 5.11 Å². The number of alkyl halides is 5. The lowest BCUT2D eigenvalue weighted by Crippen LogP contribution is -2.45. The number of aliphatic hydroxyl groups is 1.